The molecule has 1 saturated carbocycles. The second kappa shape index (κ2) is 8.82. The molecule has 1 fully saturated rings. The zero-order valence-corrected chi connectivity index (χ0v) is 12.7. The molecular formula is C15H28N2O3. The van der Waals surface area contributed by atoms with E-state index in [4.69, 9.17) is 5.11 Å². The van der Waals surface area contributed by atoms with Crippen LogP contribution in [0.5, 0.6) is 0 Å². The van der Waals surface area contributed by atoms with E-state index in [9.17, 15) is 9.59 Å². The van der Waals surface area contributed by atoms with Crippen molar-refractivity contribution in [2.75, 3.05) is 13.1 Å². The second-order valence-corrected chi connectivity index (χ2v) is 5.80. The number of nitrogens with zero attached hydrogens (tertiary/aromatic N) is 1. The Balaban J connectivity index is 2.27. The molecule has 116 valence electrons. The van der Waals surface area contributed by atoms with Gasteiger partial charge in [0.2, 0.25) is 0 Å². The number of carboxylic acid groups (broad SMARTS) is 1. The lowest BCUT2D eigenvalue weighted by atomic mass is 10.0. The third-order valence-electron chi connectivity index (χ3n) is 4.23. The van der Waals surface area contributed by atoms with Gasteiger partial charge in [-0.15, -0.1) is 0 Å². The molecule has 1 rings (SSSR count). The molecule has 1 aliphatic rings. The van der Waals surface area contributed by atoms with Gasteiger partial charge in [-0.25, -0.2) is 4.79 Å². The molecule has 0 aliphatic heterocycles. The van der Waals surface area contributed by atoms with Crippen LogP contribution in [-0.2, 0) is 4.79 Å². The number of rotatable bonds is 8. The zero-order chi connectivity index (χ0) is 15.0. The fraction of sp³-hybridized carbons (Fsp3) is 0.867. The minimum atomic E-state index is -0.966. The summed E-state index contributed by atoms with van der Waals surface area (Å²) in [4.78, 5) is 24.2. The number of hydrogen-bond acceptors (Lipinski definition) is 2. The number of urea groups is 1. The van der Waals surface area contributed by atoms with E-state index in [0.717, 1.165) is 18.8 Å². The van der Waals surface area contributed by atoms with Crippen LogP contribution in [0.25, 0.3) is 0 Å². The van der Waals surface area contributed by atoms with E-state index in [1.165, 1.54) is 37.0 Å². The highest BCUT2D eigenvalue weighted by atomic mass is 16.4. The van der Waals surface area contributed by atoms with E-state index < -0.39 is 5.97 Å². The molecule has 2 amide bonds. The summed E-state index contributed by atoms with van der Waals surface area (Å²) in [7, 11) is 0. The highest BCUT2D eigenvalue weighted by Crippen LogP contribution is 2.28. The molecule has 1 atom stereocenters. The van der Waals surface area contributed by atoms with E-state index in [0.29, 0.717) is 6.54 Å². The van der Waals surface area contributed by atoms with Crippen molar-refractivity contribution in [3.8, 4) is 0 Å². The van der Waals surface area contributed by atoms with Crippen LogP contribution in [0.1, 0.15) is 58.8 Å². The van der Waals surface area contributed by atoms with Crippen molar-refractivity contribution in [1.29, 1.82) is 0 Å². The molecule has 5 nitrogen and oxygen atoms in total. The Labute approximate surface area is 121 Å². The van der Waals surface area contributed by atoms with Crippen molar-refractivity contribution in [2.24, 2.45) is 5.92 Å². The third-order valence-corrected chi connectivity index (χ3v) is 4.23. The lowest BCUT2D eigenvalue weighted by Crippen LogP contribution is -2.47. The van der Waals surface area contributed by atoms with Gasteiger partial charge in [-0.05, 0) is 32.1 Å². The average molecular weight is 284 g/mol. The molecule has 0 aromatic carbocycles. The monoisotopic (exact) mass is 284 g/mol. The van der Waals surface area contributed by atoms with Crippen LogP contribution in [0.2, 0.25) is 0 Å². The largest absolute Gasteiger partial charge is 0.480 e. The summed E-state index contributed by atoms with van der Waals surface area (Å²) in [5.41, 5.74) is 0. The van der Waals surface area contributed by atoms with Crippen LogP contribution in [-0.4, -0.2) is 41.1 Å². The molecule has 20 heavy (non-hydrogen) atoms. The molecule has 0 saturated heterocycles. The number of carbonyl (C=O) groups excluding carboxylic acids is 1. The van der Waals surface area contributed by atoms with Gasteiger partial charge in [0, 0.05) is 12.6 Å². The molecule has 0 aromatic heterocycles. The highest BCUT2D eigenvalue weighted by molar-refractivity contribution is 5.80. The maximum atomic E-state index is 12.0. The molecule has 1 unspecified atom stereocenters. The van der Waals surface area contributed by atoms with Crippen molar-refractivity contribution >= 4 is 12.0 Å². The van der Waals surface area contributed by atoms with Gasteiger partial charge >= 0.3 is 12.0 Å². The first-order valence-corrected chi connectivity index (χ1v) is 7.80. The number of carboxylic acids is 1. The van der Waals surface area contributed by atoms with Gasteiger partial charge in [0.25, 0.3) is 0 Å². The molecule has 1 aliphatic carbocycles. The normalized spacial score (nSPS) is 16.9. The van der Waals surface area contributed by atoms with Crippen molar-refractivity contribution in [1.82, 2.24) is 10.2 Å². The van der Waals surface area contributed by atoms with Gasteiger partial charge in [-0.3, -0.25) is 4.79 Å². The Kier molecular flexibility index (Phi) is 7.41. The summed E-state index contributed by atoms with van der Waals surface area (Å²) in [6, 6.07) is -0.311. The summed E-state index contributed by atoms with van der Waals surface area (Å²) < 4.78 is 0. The van der Waals surface area contributed by atoms with E-state index in [2.05, 4.69) is 5.32 Å². The Morgan fingerprint density at radius 2 is 2.00 bits per heavy atom. The number of nitrogens with one attached hydrogen (secondary N) is 1. The molecular weight excluding hydrogens is 256 g/mol. The highest BCUT2D eigenvalue weighted by Gasteiger charge is 2.21. The number of carbonyl (C=O) groups is 2. The predicted octanol–water partition coefficient (Wildman–Crippen LogP) is 2.85. The SMILES string of the molecule is CCC(C)N(CC(=O)O)C(=O)NCCCC1CCCC1. The molecule has 2 N–H and O–H groups in total. The topological polar surface area (TPSA) is 69.6 Å². The molecule has 0 spiro atoms. The van der Waals surface area contributed by atoms with Gasteiger partial charge in [-0.1, -0.05) is 32.6 Å². The molecule has 0 heterocycles. The lowest BCUT2D eigenvalue weighted by Gasteiger charge is -2.27. The van der Waals surface area contributed by atoms with Crippen molar-refractivity contribution in [2.45, 2.75) is 64.8 Å². The number of aliphatic carboxylic acids is 1. The van der Waals surface area contributed by atoms with Crippen LogP contribution < -0.4 is 5.32 Å². The molecule has 0 bridgehead atoms. The Hall–Kier alpha value is -1.26. The standard InChI is InChI=1S/C15H28N2O3/c1-3-12(2)17(11-14(18)19)15(20)16-10-6-9-13-7-4-5-8-13/h12-13H,3-11H2,1-2H3,(H,16,20)(H,18,19). The third kappa shape index (κ3) is 5.80. The van der Waals surface area contributed by atoms with Crippen LogP contribution in [0.15, 0.2) is 0 Å². The van der Waals surface area contributed by atoms with Crippen LogP contribution in [0, 0.1) is 5.92 Å². The van der Waals surface area contributed by atoms with E-state index >= 15 is 0 Å². The summed E-state index contributed by atoms with van der Waals surface area (Å²) in [5.74, 6) is -0.136. The maximum absolute atomic E-state index is 12.0. The Morgan fingerprint density at radius 1 is 1.35 bits per heavy atom. The first-order chi connectivity index (χ1) is 9.54. The van der Waals surface area contributed by atoms with E-state index in [1.54, 1.807) is 0 Å². The summed E-state index contributed by atoms with van der Waals surface area (Å²) in [6.45, 7) is 4.24. The fourth-order valence-corrected chi connectivity index (χ4v) is 2.78. The minimum Gasteiger partial charge on any atom is -0.480 e. The van der Waals surface area contributed by atoms with E-state index in [-0.39, 0.29) is 18.6 Å². The molecule has 0 radical (unpaired) electrons. The summed E-state index contributed by atoms with van der Waals surface area (Å²) in [6.07, 6.45) is 8.25. The predicted molar refractivity (Wildman–Crippen MR) is 78.7 cm³/mol. The van der Waals surface area contributed by atoms with Gasteiger partial charge in [0.1, 0.15) is 6.54 Å². The molecule has 0 aromatic rings. The van der Waals surface area contributed by atoms with Gasteiger partial charge < -0.3 is 15.3 Å². The van der Waals surface area contributed by atoms with Crippen LogP contribution in [0.4, 0.5) is 4.79 Å². The number of hydrogen-bond donors (Lipinski definition) is 2. The van der Waals surface area contributed by atoms with E-state index in [1.807, 2.05) is 13.8 Å². The average Bonchev–Trinajstić information content (AvgIpc) is 2.92. The number of amides is 2. The maximum Gasteiger partial charge on any atom is 0.323 e. The first kappa shape index (κ1) is 16.8. The van der Waals surface area contributed by atoms with Gasteiger partial charge in [-0.2, -0.15) is 0 Å². The van der Waals surface area contributed by atoms with Gasteiger partial charge in [0.15, 0.2) is 0 Å². The van der Waals surface area contributed by atoms with Gasteiger partial charge in [0.05, 0.1) is 0 Å². The second-order valence-electron chi connectivity index (χ2n) is 5.80. The summed E-state index contributed by atoms with van der Waals surface area (Å²) >= 11 is 0. The molecule has 5 heteroatoms. The minimum absolute atomic E-state index is 0.0547. The van der Waals surface area contributed by atoms with Crippen LogP contribution >= 0.6 is 0 Å². The smallest absolute Gasteiger partial charge is 0.323 e. The van der Waals surface area contributed by atoms with Crippen molar-refractivity contribution in [3.63, 3.8) is 0 Å². The van der Waals surface area contributed by atoms with Crippen molar-refractivity contribution in [3.05, 3.63) is 0 Å². The zero-order valence-electron chi connectivity index (χ0n) is 12.7. The van der Waals surface area contributed by atoms with Crippen molar-refractivity contribution < 1.29 is 14.7 Å². The first-order valence-electron chi connectivity index (χ1n) is 7.80. The lowest BCUT2D eigenvalue weighted by molar-refractivity contribution is -0.138. The fourth-order valence-electron chi connectivity index (χ4n) is 2.78. The Bertz CT molecular complexity index is 314. The Morgan fingerprint density at radius 3 is 2.55 bits per heavy atom. The van der Waals surface area contributed by atoms with Crippen LogP contribution in [0.3, 0.4) is 0 Å². The summed E-state index contributed by atoms with van der Waals surface area (Å²) in [5, 5.41) is 11.7. The quantitative estimate of drug-likeness (QED) is 0.673.